The quantitative estimate of drug-likeness (QED) is 0.596. The van der Waals surface area contributed by atoms with Gasteiger partial charge in [-0.3, -0.25) is 4.90 Å². The van der Waals surface area contributed by atoms with Crippen molar-refractivity contribution < 1.29 is 8.42 Å². The van der Waals surface area contributed by atoms with E-state index >= 15 is 0 Å². The number of halogens is 1. The number of hydrogen-bond donors (Lipinski definition) is 1. The van der Waals surface area contributed by atoms with Gasteiger partial charge in [0.15, 0.2) is 0 Å². The highest BCUT2D eigenvalue weighted by Gasteiger charge is 2.25. The van der Waals surface area contributed by atoms with Crippen molar-refractivity contribution in [3.05, 3.63) is 29.8 Å². The van der Waals surface area contributed by atoms with Crippen LogP contribution in [-0.2, 0) is 15.9 Å². The zero-order chi connectivity index (χ0) is 19.1. The Morgan fingerprint density at radius 1 is 1.04 bits per heavy atom. The van der Waals surface area contributed by atoms with Crippen LogP contribution in [0.4, 0.5) is 0 Å². The summed E-state index contributed by atoms with van der Waals surface area (Å²) in [6, 6.07) is 6.77. The van der Waals surface area contributed by atoms with Gasteiger partial charge in [-0.15, -0.1) is 11.6 Å². The van der Waals surface area contributed by atoms with E-state index in [-0.39, 0.29) is 6.04 Å². The second-order valence-electron chi connectivity index (χ2n) is 7.61. The Labute approximate surface area is 168 Å². The van der Waals surface area contributed by atoms with Gasteiger partial charge in [-0.2, -0.15) is 0 Å². The Morgan fingerprint density at radius 2 is 1.70 bits per heavy atom. The molecule has 148 valence electrons. The highest BCUT2D eigenvalue weighted by Crippen LogP contribution is 2.25. The van der Waals surface area contributed by atoms with E-state index in [2.05, 4.69) is 21.5 Å². The molecule has 0 unspecified atom stereocenters. The molecule has 0 aromatic heterocycles. The molecule has 1 heterocycles. The fourth-order valence-electron chi connectivity index (χ4n) is 3.82. The highest BCUT2D eigenvalue weighted by molar-refractivity contribution is 7.89. The molecular weight excluding hydrogens is 380 g/mol. The van der Waals surface area contributed by atoms with Crippen LogP contribution >= 0.6 is 11.6 Å². The van der Waals surface area contributed by atoms with Crippen molar-refractivity contribution >= 4 is 21.6 Å². The van der Waals surface area contributed by atoms with Gasteiger partial charge in [0.1, 0.15) is 0 Å². The monoisotopic (exact) mass is 408 g/mol. The van der Waals surface area contributed by atoms with Gasteiger partial charge in [0.25, 0.3) is 0 Å². The number of benzene rings is 1. The maximum Gasteiger partial charge on any atom is 0.240 e. The standard InChI is InChI=1S/C21H29ClN2O2S/c22-17-19-8-12-21(13-9-19)27(25,26)23-20-10-6-18(7-11-20)5-4-16-24-14-2-1-3-15-24/h8-9,12-13,18,20,23H,1-3,6-7,10-11,14-17H2. The van der Waals surface area contributed by atoms with Crippen molar-refractivity contribution in [2.45, 2.75) is 61.8 Å². The van der Waals surface area contributed by atoms with Crippen LogP contribution in [0.5, 0.6) is 0 Å². The van der Waals surface area contributed by atoms with E-state index in [1.165, 1.54) is 32.4 Å². The molecule has 1 aromatic rings. The Hall–Kier alpha value is -1.06. The average molecular weight is 409 g/mol. The highest BCUT2D eigenvalue weighted by atomic mass is 35.5. The van der Waals surface area contributed by atoms with Crippen LogP contribution in [0.15, 0.2) is 29.2 Å². The second kappa shape index (κ2) is 9.93. The van der Waals surface area contributed by atoms with Gasteiger partial charge in [0.2, 0.25) is 10.0 Å². The zero-order valence-electron chi connectivity index (χ0n) is 15.8. The van der Waals surface area contributed by atoms with Gasteiger partial charge in [0, 0.05) is 17.8 Å². The molecule has 1 N–H and O–H groups in total. The van der Waals surface area contributed by atoms with E-state index in [1.807, 2.05) is 0 Å². The molecule has 2 fully saturated rings. The van der Waals surface area contributed by atoms with Gasteiger partial charge in [-0.25, -0.2) is 13.1 Å². The molecule has 3 rings (SSSR count). The van der Waals surface area contributed by atoms with Gasteiger partial charge < -0.3 is 0 Å². The summed E-state index contributed by atoms with van der Waals surface area (Å²) in [5.74, 6) is 7.55. The number of likely N-dealkylation sites (tertiary alicyclic amines) is 1. The fourth-order valence-corrected chi connectivity index (χ4v) is 5.30. The molecule has 1 aliphatic heterocycles. The summed E-state index contributed by atoms with van der Waals surface area (Å²) in [5, 5.41) is 0. The predicted octanol–water partition coefficient (Wildman–Crippen LogP) is 3.75. The normalized spacial score (nSPS) is 24.2. The summed E-state index contributed by atoms with van der Waals surface area (Å²) in [6.07, 6.45) is 7.56. The molecule has 1 saturated carbocycles. The molecule has 6 heteroatoms. The summed E-state index contributed by atoms with van der Waals surface area (Å²) >= 11 is 5.76. The summed E-state index contributed by atoms with van der Waals surface area (Å²) in [4.78, 5) is 2.74. The van der Waals surface area contributed by atoms with E-state index in [9.17, 15) is 8.42 Å². The third-order valence-corrected chi connectivity index (χ3v) is 7.34. The van der Waals surface area contributed by atoms with Crippen LogP contribution in [0.25, 0.3) is 0 Å². The Kier molecular flexibility index (Phi) is 7.60. The third kappa shape index (κ3) is 6.22. The number of nitrogens with one attached hydrogen (secondary N) is 1. The lowest BCUT2D eigenvalue weighted by Gasteiger charge is -2.26. The summed E-state index contributed by atoms with van der Waals surface area (Å²) in [7, 11) is -3.47. The number of nitrogens with zero attached hydrogens (tertiary/aromatic N) is 1. The lowest BCUT2D eigenvalue weighted by atomic mass is 9.87. The number of hydrogen-bond acceptors (Lipinski definition) is 3. The molecule has 1 aliphatic carbocycles. The van der Waals surface area contributed by atoms with Gasteiger partial charge in [-0.1, -0.05) is 30.4 Å². The molecule has 1 aromatic carbocycles. The fraction of sp³-hybridized carbons (Fsp3) is 0.619. The molecule has 4 nitrogen and oxygen atoms in total. The van der Waals surface area contributed by atoms with E-state index in [0.29, 0.717) is 16.7 Å². The molecular formula is C21H29ClN2O2S. The number of sulfonamides is 1. The van der Waals surface area contributed by atoms with Crippen molar-refractivity contribution in [1.82, 2.24) is 9.62 Å². The maximum absolute atomic E-state index is 12.6. The minimum Gasteiger partial charge on any atom is -0.292 e. The van der Waals surface area contributed by atoms with Crippen LogP contribution in [0, 0.1) is 17.8 Å². The van der Waals surface area contributed by atoms with E-state index < -0.39 is 10.0 Å². The summed E-state index contributed by atoms with van der Waals surface area (Å²) in [6.45, 7) is 3.23. The lowest BCUT2D eigenvalue weighted by Crippen LogP contribution is -2.37. The molecule has 0 radical (unpaired) electrons. The number of alkyl halides is 1. The predicted molar refractivity (Wildman–Crippen MR) is 110 cm³/mol. The number of rotatable bonds is 5. The second-order valence-corrected chi connectivity index (χ2v) is 9.59. The largest absolute Gasteiger partial charge is 0.292 e. The molecule has 2 aliphatic rings. The molecule has 0 amide bonds. The van der Waals surface area contributed by atoms with Crippen LogP contribution in [-0.4, -0.2) is 39.0 Å². The first-order valence-corrected chi connectivity index (χ1v) is 12.0. The molecule has 0 spiro atoms. The Morgan fingerprint density at radius 3 is 2.33 bits per heavy atom. The van der Waals surface area contributed by atoms with Gasteiger partial charge in [-0.05, 0) is 69.3 Å². The van der Waals surface area contributed by atoms with Crippen molar-refractivity contribution in [1.29, 1.82) is 0 Å². The maximum atomic E-state index is 12.6. The topological polar surface area (TPSA) is 49.4 Å². The molecule has 0 bridgehead atoms. The van der Waals surface area contributed by atoms with Crippen LogP contribution in [0.3, 0.4) is 0 Å². The van der Waals surface area contributed by atoms with Gasteiger partial charge >= 0.3 is 0 Å². The van der Waals surface area contributed by atoms with Crippen molar-refractivity contribution in [2.24, 2.45) is 5.92 Å². The van der Waals surface area contributed by atoms with Crippen molar-refractivity contribution in [3.63, 3.8) is 0 Å². The van der Waals surface area contributed by atoms with E-state index in [0.717, 1.165) is 37.8 Å². The molecule has 1 saturated heterocycles. The minimum atomic E-state index is -3.47. The molecule has 27 heavy (non-hydrogen) atoms. The van der Waals surface area contributed by atoms with Crippen LogP contribution < -0.4 is 4.72 Å². The average Bonchev–Trinajstić information content (AvgIpc) is 2.70. The number of piperidine rings is 1. The van der Waals surface area contributed by atoms with E-state index in [1.54, 1.807) is 24.3 Å². The first-order valence-electron chi connectivity index (χ1n) is 9.95. The summed E-state index contributed by atoms with van der Waals surface area (Å²) < 4.78 is 28.0. The van der Waals surface area contributed by atoms with Crippen molar-refractivity contribution in [2.75, 3.05) is 19.6 Å². The van der Waals surface area contributed by atoms with Crippen LogP contribution in [0.1, 0.15) is 50.5 Å². The first kappa shape index (κ1) is 20.7. The zero-order valence-corrected chi connectivity index (χ0v) is 17.4. The SMILES string of the molecule is O=S(=O)(NC1CCC(C#CCN2CCCCC2)CC1)c1ccc(CCl)cc1. The van der Waals surface area contributed by atoms with Crippen molar-refractivity contribution in [3.8, 4) is 11.8 Å². The Bertz CT molecular complexity index is 754. The van der Waals surface area contributed by atoms with Gasteiger partial charge in [0.05, 0.1) is 11.4 Å². The minimum absolute atomic E-state index is 0.00264. The smallest absolute Gasteiger partial charge is 0.240 e. The Balaban J connectivity index is 1.46. The van der Waals surface area contributed by atoms with Crippen LogP contribution in [0.2, 0.25) is 0 Å². The first-order chi connectivity index (χ1) is 13.1. The molecule has 0 atom stereocenters. The van der Waals surface area contributed by atoms with E-state index in [4.69, 9.17) is 11.6 Å². The summed E-state index contributed by atoms with van der Waals surface area (Å²) in [5.41, 5.74) is 0.916. The third-order valence-electron chi connectivity index (χ3n) is 5.49. The lowest BCUT2D eigenvalue weighted by molar-refractivity contribution is 0.255.